The molecule has 9 N–H and O–H groups in total. The number of carbonyl (C=O) groups is 3. The number of likely N-dealkylation sites (N-methyl/N-ethyl adjacent to an activating group) is 1. The maximum Gasteiger partial charge on any atom is 0.326 e. The molecule has 0 spiro atoms. The van der Waals surface area contributed by atoms with Crippen LogP contribution in [0.4, 0.5) is 17.5 Å². The van der Waals surface area contributed by atoms with E-state index >= 15 is 0 Å². The van der Waals surface area contributed by atoms with Crippen LogP contribution in [0.25, 0.3) is 0 Å². The molecule has 1 atom stereocenters. The van der Waals surface area contributed by atoms with Crippen LogP contribution in [0.2, 0.25) is 0 Å². The Labute approximate surface area is 177 Å². The van der Waals surface area contributed by atoms with Crippen molar-refractivity contribution in [3.63, 3.8) is 0 Å². The Morgan fingerprint density at radius 1 is 1.23 bits per heavy atom. The minimum atomic E-state index is -1.25. The van der Waals surface area contributed by atoms with Gasteiger partial charge in [-0.25, -0.2) is 4.79 Å². The van der Waals surface area contributed by atoms with Gasteiger partial charge in [-0.3, -0.25) is 19.4 Å². The third-order valence-electron chi connectivity index (χ3n) is 4.62. The topological polar surface area (TPSA) is 211 Å². The second-order valence-corrected chi connectivity index (χ2v) is 6.90. The van der Waals surface area contributed by atoms with Crippen molar-refractivity contribution in [1.82, 2.24) is 15.3 Å². The number of nitrogen functional groups attached to an aromatic ring is 2. The Bertz CT molecular complexity index is 1020. The number of rotatable bonds is 10. The highest BCUT2D eigenvalue weighted by Gasteiger charge is 2.21. The van der Waals surface area contributed by atoms with E-state index in [0.29, 0.717) is 18.5 Å². The molecular formula is C19H25N7O5. The summed E-state index contributed by atoms with van der Waals surface area (Å²) in [6.45, 7) is 0.443. The number of nitrogens with zero attached hydrogens (tertiary/aromatic N) is 2. The SMILES string of the molecule is CN(CCc1c(N)nc(N)[nH]c1=O)c1ccc(C(=O)N[C@@H](CCC(N)=O)C(=O)O)cc1. The summed E-state index contributed by atoms with van der Waals surface area (Å²) in [4.78, 5) is 54.5. The summed E-state index contributed by atoms with van der Waals surface area (Å²) < 4.78 is 0. The lowest BCUT2D eigenvalue weighted by Gasteiger charge is -2.20. The Kier molecular flexibility index (Phi) is 7.55. The van der Waals surface area contributed by atoms with Crippen molar-refractivity contribution < 1.29 is 19.5 Å². The van der Waals surface area contributed by atoms with Gasteiger partial charge in [0.25, 0.3) is 11.5 Å². The number of hydrogen-bond acceptors (Lipinski definition) is 8. The molecule has 0 radical (unpaired) electrons. The third-order valence-corrected chi connectivity index (χ3v) is 4.62. The van der Waals surface area contributed by atoms with Crippen LogP contribution in [0.15, 0.2) is 29.1 Å². The van der Waals surface area contributed by atoms with E-state index in [9.17, 15) is 24.3 Å². The second kappa shape index (κ2) is 10.1. The van der Waals surface area contributed by atoms with E-state index < -0.39 is 29.4 Å². The lowest BCUT2D eigenvalue weighted by Crippen LogP contribution is -2.41. The summed E-state index contributed by atoms with van der Waals surface area (Å²) >= 11 is 0. The molecule has 2 aromatic rings. The lowest BCUT2D eigenvalue weighted by atomic mass is 10.1. The molecule has 12 heteroatoms. The highest BCUT2D eigenvalue weighted by atomic mass is 16.4. The fraction of sp³-hybridized carbons (Fsp3) is 0.316. The minimum absolute atomic E-state index is 0.0479. The van der Waals surface area contributed by atoms with Crippen molar-refractivity contribution in [1.29, 1.82) is 0 Å². The molecule has 0 aliphatic rings. The van der Waals surface area contributed by atoms with Crippen LogP contribution >= 0.6 is 0 Å². The predicted octanol–water partition coefficient (Wildman–Crippen LogP) is -0.938. The molecule has 1 heterocycles. The zero-order valence-electron chi connectivity index (χ0n) is 16.9. The number of aromatic nitrogens is 2. The standard InChI is InChI=1S/C19H25N7O5/c1-26(9-8-12-15(21)24-19(22)25-17(12)29)11-4-2-10(3-5-11)16(28)23-13(18(30)31)6-7-14(20)27/h2-5,13H,6-9H2,1H3,(H2,20,27)(H,23,28)(H,30,31)(H5,21,22,24,25,29)/t13-/m0/s1. The Morgan fingerprint density at radius 2 is 1.87 bits per heavy atom. The fourth-order valence-corrected chi connectivity index (χ4v) is 2.84. The quantitative estimate of drug-likeness (QED) is 0.274. The number of primary amides is 1. The molecule has 0 bridgehead atoms. The summed E-state index contributed by atoms with van der Waals surface area (Å²) in [5, 5.41) is 11.6. The maximum atomic E-state index is 12.3. The van der Waals surface area contributed by atoms with E-state index in [1.54, 1.807) is 31.3 Å². The number of aromatic amines is 1. The van der Waals surface area contributed by atoms with Crippen molar-refractivity contribution in [3.8, 4) is 0 Å². The molecular weight excluding hydrogens is 406 g/mol. The fourth-order valence-electron chi connectivity index (χ4n) is 2.84. The molecule has 0 saturated heterocycles. The van der Waals surface area contributed by atoms with E-state index in [1.807, 2.05) is 4.90 Å². The number of nitrogens with two attached hydrogens (primary N) is 3. The molecule has 0 saturated carbocycles. The molecule has 1 aromatic heterocycles. The number of benzene rings is 1. The Morgan fingerprint density at radius 3 is 2.42 bits per heavy atom. The summed E-state index contributed by atoms with van der Waals surface area (Å²) in [6.07, 6.45) is 0.0741. The van der Waals surface area contributed by atoms with Crippen LogP contribution in [0.5, 0.6) is 0 Å². The number of hydrogen-bond donors (Lipinski definition) is 6. The van der Waals surface area contributed by atoms with Crippen LogP contribution in [-0.2, 0) is 16.0 Å². The second-order valence-electron chi connectivity index (χ2n) is 6.90. The van der Waals surface area contributed by atoms with Crippen LogP contribution in [0, 0.1) is 0 Å². The van der Waals surface area contributed by atoms with Crippen molar-refractivity contribution in [2.24, 2.45) is 5.73 Å². The molecule has 1 aromatic carbocycles. The van der Waals surface area contributed by atoms with Crippen LogP contribution in [-0.4, -0.2) is 52.5 Å². The molecule has 2 rings (SSSR count). The van der Waals surface area contributed by atoms with Crippen LogP contribution < -0.4 is 33.0 Å². The summed E-state index contributed by atoms with van der Waals surface area (Å²) in [7, 11) is 1.80. The Hall–Kier alpha value is -4.09. The van der Waals surface area contributed by atoms with E-state index in [4.69, 9.17) is 17.2 Å². The van der Waals surface area contributed by atoms with E-state index in [2.05, 4.69) is 15.3 Å². The van der Waals surface area contributed by atoms with Gasteiger partial charge in [0.15, 0.2) is 0 Å². The molecule has 0 aliphatic carbocycles. The predicted molar refractivity (Wildman–Crippen MR) is 114 cm³/mol. The first-order chi connectivity index (χ1) is 14.6. The zero-order valence-corrected chi connectivity index (χ0v) is 16.9. The molecule has 31 heavy (non-hydrogen) atoms. The molecule has 2 amide bonds. The molecule has 0 fully saturated rings. The minimum Gasteiger partial charge on any atom is -0.480 e. The van der Waals surface area contributed by atoms with E-state index in [0.717, 1.165) is 5.69 Å². The van der Waals surface area contributed by atoms with Gasteiger partial charge in [0, 0.05) is 31.3 Å². The zero-order chi connectivity index (χ0) is 23.1. The van der Waals surface area contributed by atoms with Gasteiger partial charge in [-0.1, -0.05) is 0 Å². The molecule has 0 unspecified atom stereocenters. The first-order valence-electron chi connectivity index (χ1n) is 9.35. The van der Waals surface area contributed by atoms with Gasteiger partial charge in [-0.05, 0) is 37.1 Å². The van der Waals surface area contributed by atoms with Gasteiger partial charge >= 0.3 is 5.97 Å². The number of carboxylic acids is 1. The van der Waals surface area contributed by atoms with Crippen molar-refractivity contribution in [2.45, 2.75) is 25.3 Å². The largest absolute Gasteiger partial charge is 0.480 e. The first kappa shape index (κ1) is 23.2. The highest BCUT2D eigenvalue weighted by molar-refractivity contribution is 5.97. The summed E-state index contributed by atoms with van der Waals surface area (Å²) in [5.41, 5.74) is 17.2. The maximum absolute atomic E-state index is 12.3. The van der Waals surface area contributed by atoms with Gasteiger partial charge in [-0.15, -0.1) is 0 Å². The van der Waals surface area contributed by atoms with Crippen molar-refractivity contribution in [3.05, 3.63) is 45.7 Å². The number of amides is 2. The summed E-state index contributed by atoms with van der Waals surface area (Å²) in [5.74, 6) is -2.46. The lowest BCUT2D eigenvalue weighted by molar-refractivity contribution is -0.139. The monoisotopic (exact) mass is 431 g/mol. The van der Waals surface area contributed by atoms with Gasteiger partial charge in [0.05, 0.1) is 5.56 Å². The average Bonchev–Trinajstić information content (AvgIpc) is 2.69. The molecule has 0 aliphatic heterocycles. The number of aliphatic carboxylic acids is 1. The van der Waals surface area contributed by atoms with Gasteiger partial charge in [0.2, 0.25) is 11.9 Å². The van der Waals surface area contributed by atoms with Crippen LogP contribution in [0.3, 0.4) is 0 Å². The number of carboxylic acid groups (broad SMARTS) is 1. The third kappa shape index (κ3) is 6.45. The number of anilines is 3. The Balaban J connectivity index is 2.00. The summed E-state index contributed by atoms with van der Waals surface area (Å²) in [6, 6.07) is 5.23. The number of H-pyrrole nitrogens is 1. The van der Waals surface area contributed by atoms with Gasteiger partial charge in [-0.2, -0.15) is 4.98 Å². The van der Waals surface area contributed by atoms with Crippen molar-refractivity contribution in [2.75, 3.05) is 30.0 Å². The number of carbonyl (C=O) groups excluding carboxylic acids is 2. The average molecular weight is 431 g/mol. The number of nitrogens with one attached hydrogen (secondary N) is 2. The smallest absolute Gasteiger partial charge is 0.326 e. The molecule has 166 valence electrons. The normalized spacial score (nSPS) is 11.5. The van der Waals surface area contributed by atoms with E-state index in [-0.39, 0.29) is 30.2 Å². The van der Waals surface area contributed by atoms with Crippen LogP contribution in [0.1, 0.15) is 28.8 Å². The highest BCUT2D eigenvalue weighted by Crippen LogP contribution is 2.15. The van der Waals surface area contributed by atoms with Gasteiger partial charge < -0.3 is 32.5 Å². The molecule has 12 nitrogen and oxygen atoms in total. The van der Waals surface area contributed by atoms with Gasteiger partial charge in [0.1, 0.15) is 11.9 Å². The first-order valence-corrected chi connectivity index (χ1v) is 9.35. The van der Waals surface area contributed by atoms with E-state index in [1.165, 1.54) is 0 Å². The van der Waals surface area contributed by atoms with Crippen molar-refractivity contribution >= 4 is 35.2 Å².